The Morgan fingerprint density at radius 3 is 2.37 bits per heavy atom. The van der Waals surface area contributed by atoms with Gasteiger partial charge in [0.1, 0.15) is 0 Å². The zero-order valence-corrected chi connectivity index (χ0v) is 11.8. The van der Waals surface area contributed by atoms with Crippen LogP contribution in [0.25, 0.3) is 0 Å². The first-order chi connectivity index (χ1) is 8.94. The van der Waals surface area contributed by atoms with Crippen molar-refractivity contribution in [3.63, 3.8) is 0 Å². The Bertz CT molecular complexity index is 429. The maximum atomic E-state index is 10.7. The molecule has 1 aromatic rings. The average Bonchev–Trinajstić information content (AvgIpc) is 2.34. The van der Waals surface area contributed by atoms with Gasteiger partial charge in [0.25, 0.3) is 0 Å². The van der Waals surface area contributed by atoms with Gasteiger partial charge in [-0.15, -0.1) is 0 Å². The van der Waals surface area contributed by atoms with Gasteiger partial charge in [0.15, 0.2) is 0 Å². The standard InChI is InChI=1S/C15H23N3O/c1-15(2)7-9-18(10-8-15)11-12-3-5-13(6-4-12)17-14(16)19/h3-6H,7-11H2,1-2H3,(H3,16,17,19). The van der Waals surface area contributed by atoms with E-state index >= 15 is 0 Å². The van der Waals surface area contributed by atoms with Crippen molar-refractivity contribution in [1.29, 1.82) is 0 Å². The van der Waals surface area contributed by atoms with Crippen LogP contribution in [-0.4, -0.2) is 24.0 Å². The molecule has 0 radical (unpaired) electrons. The van der Waals surface area contributed by atoms with E-state index in [0.29, 0.717) is 5.41 Å². The summed E-state index contributed by atoms with van der Waals surface area (Å²) in [5.74, 6) is 0. The second-order valence-corrected chi connectivity index (χ2v) is 6.13. The van der Waals surface area contributed by atoms with Crippen molar-refractivity contribution in [3.05, 3.63) is 29.8 Å². The Morgan fingerprint density at radius 1 is 1.26 bits per heavy atom. The minimum Gasteiger partial charge on any atom is -0.351 e. The number of hydrogen-bond donors (Lipinski definition) is 2. The van der Waals surface area contributed by atoms with Crippen molar-refractivity contribution in [2.45, 2.75) is 33.2 Å². The van der Waals surface area contributed by atoms with Crippen molar-refractivity contribution >= 4 is 11.7 Å². The fourth-order valence-electron chi connectivity index (χ4n) is 2.41. The SMILES string of the molecule is CC1(C)CCN(Cc2ccc(NC(N)=O)cc2)CC1. The van der Waals surface area contributed by atoms with Crippen molar-refractivity contribution in [1.82, 2.24) is 4.90 Å². The lowest BCUT2D eigenvalue weighted by molar-refractivity contribution is 0.127. The molecule has 3 N–H and O–H groups in total. The van der Waals surface area contributed by atoms with Gasteiger partial charge in [0.05, 0.1) is 0 Å². The molecule has 19 heavy (non-hydrogen) atoms. The molecular weight excluding hydrogens is 238 g/mol. The minimum absolute atomic E-state index is 0.492. The van der Waals surface area contributed by atoms with Gasteiger partial charge in [0.2, 0.25) is 0 Å². The fraction of sp³-hybridized carbons (Fsp3) is 0.533. The number of benzene rings is 1. The largest absolute Gasteiger partial charge is 0.351 e. The third kappa shape index (κ3) is 4.24. The summed E-state index contributed by atoms with van der Waals surface area (Å²) in [5, 5.41) is 2.57. The summed E-state index contributed by atoms with van der Waals surface area (Å²) < 4.78 is 0. The van der Waals surface area contributed by atoms with E-state index in [0.717, 1.165) is 25.3 Å². The van der Waals surface area contributed by atoms with E-state index in [1.165, 1.54) is 18.4 Å². The van der Waals surface area contributed by atoms with E-state index in [1.807, 2.05) is 24.3 Å². The highest BCUT2D eigenvalue weighted by Crippen LogP contribution is 2.30. The molecule has 0 atom stereocenters. The predicted molar refractivity (Wildman–Crippen MR) is 77.9 cm³/mol. The van der Waals surface area contributed by atoms with E-state index in [1.54, 1.807) is 0 Å². The van der Waals surface area contributed by atoms with Crippen LogP contribution in [0.1, 0.15) is 32.3 Å². The summed E-state index contributed by atoms with van der Waals surface area (Å²) in [6, 6.07) is 7.36. The number of rotatable bonds is 3. The summed E-state index contributed by atoms with van der Waals surface area (Å²) >= 11 is 0. The third-order valence-corrected chi connectivity index (χ3v) is 3.84. The number of nitrogens with one attached hydrogen (secondary N) is 1. The van der Waals surface area contributed by atoms with Crippen LogP contribution in [0.15, 0.2) is 24.3 Å². The topological polar surface area (TPSA) is 58.4 Å². The molecule has 0 unspecified atom stereocenters. The van der Waals surface area contributed by atoms with Gasteiger partial charge in [-0.25, -0.2) is 4.79 Å². The maximum Gasteiger partial charge on any atom is 0.316 e. The average molecular weight is 261 g/mol. The summed E-state index contributed by atoms with van der Waals surface area (Å²) in [6.07, 6.45) is 2.52. The van der Waals surface area contributed by atoms with Gasteiger partial charge in [-0.1, -0.05) is 26.0 Å². The minimum atomic E-state index is -0.522. The Balaban J connectivity index is 1.88. The first kappa shape index (κ1) is 13.9. The molecule has 0 aromatic heterocycles. The molecule has 0 spiro atoms. The van der Waals surface area contributed by atoms with Gasteiger partial charge in [-0.05, 0) is 49.0 Å². The lowest BCUT2D eigenvalue weighted by Crippen LogP contribution is -2.36. The molecular formula is C15H23N3O. The number of amides is 2. The van der Waals surface area contributed by atoms with Crippen LogP contribution in [0.4, 0.5) is 10.5 Å². The Morgan fingerprint density at radius 2 is 1.84 bits per heavy atom. The second kappa shape index (κ2) is 5.61. The number of piperidine rings is 1. The van der Waals surface area contributed by atoms with Gasteiger partial charge in [-0.3, -0.25) is 4.90 Å². The van der Waals surface area contributed by atoms with Crippen LogP contribution in [0.2, 0.25) is 0 Å². The maximum absolute atomic E-state index is 10.7. The zero-order chi connectivity index (χ0) is 13.9. The lowest BCUT2D eigenvalue weighted by Gasteiger charge is -2.36. The first-order valence-corrected chi connectivity index (χ1v) is 6.82. The smallest absolute Gasteiger partial charge is 0.316 e. The number of primary amides is 1. The molecule has 4 heteroatoms. The number of hydrogen-bond acceptors (Lipinski definition) is 2. The first-order valence-electron chi connectivity index (χ1n) is 6.82. The van der Waals surface area contributed by atoms with Crippen LogP contribution in [0, 0.1) is 5.41 Å². The van der Waals surface area contributed by atoms with Gasteiger partial charge in [-0.2, -0.15) is 0 Å². The molecule has 0 aliphatic carbocycles. The fourth-order valence-corrected chi connectivity index (χ4v) is 2.41. The molecule has 4 nitrogen and oxygen atoms in total. The summed E-state index contributed by atoms with van der Waals surface area (Å²) in [7, 11) is 0. The highest BCUT2D eigenvalue weighted by molar-refractivity contribution is 5.87. The van der Waals surface area contributed by atoms with E-state index in [9.17, 15) is 4.79 Å². The Labute approximate surface area is 115 Å². The van der Waals surface area contributed by atoms with Gasteiger partial charge in [0, 0.05) is 12.2 Å². The molecule has 1 aromatic carbocycles. The molecule has 1 saturated heterocycles. The molecule has 2 rings (SSSR count). The number of likely N-dealkylation sites (tertiary alicyclic amines) is 1. The van der Waals surface area contributed by atoms with Crippen molar-refractivity contribution in [3.8, 4) is 0 Å². The number of nitrogens with zero attached hydrogens (tertiary/aromatic N) is 1. The van der Waals surface area contributed by atoms with Crippen molar-refractivity contribution in [2.24, 2.45) is 11.1 Å². The third-order valence-electron chi connectivity index (χ3n) is 3.84. The molecule has 1 aliphatic rings. The number of carbonyl (C=O) groups is 1. The molecule has 2 amide bonds. The molecule has 1 fully saturated rings. The van der Waals surface area contributed by atoms with E-state index in [4.69, 9.17) is 5.73 Å². The quantitative estimate of drug-likeness (QED) is 0.879. The van der Waals surface area contributed by atoms with E-state index < -0.39 is 6.03 Å². The molecule has 0 saturated carbocycles. The van der Waals surface area contributed by atoms with Crippen molar-refractivity contribution < 1.29 is 4.79 Å². The van der Waals surface area contributed by atoms with Crippen LogP contribution in [-0.2, 0) is 6.54 Å². The van der Waals surface area contributed by atoms with Crippen LogP contribution < -0.4 is 11.1 Å². The number of nitrogens with two attached hydrogens (primary N) is 1. The normalized spacial score (nSPS) is 19.1. The molecule has 0 bridgehead atoms. The Kier molecular flexibility index (Phi) is 4.10. The molecule has 1 aliphatic heterocycles. The van der Waals surface area contributed by atoms with Gasteiger partial charge < -0.3 is 11.1 Å². The van der Waals surface area contributed by atoms with Crippen molar-refractivity contribution in [2.75, 3.05) is 18.4 Å². The summed E-state index contributed by atoms with van der Waals surface area (Å²) in [6.45, 7) is 7.98. The molecule has 104 valence electrons. The Hall–Kier alpha value is -1.55. The predicted octanol–water partition coefficient (Wildman–Crippen LogP) is 2.80. The molecule has 1 heterocycles. The number of urea groups is 1. The van der Waals surface area contributed by atoms with E-state index in [-0.39, 0.29) is 0 Å². The highest BCUT2D eigenvalue weighted by atomic mass is 16.2. The monoisotopic (exact) mass is 261 g/mol. The van der Waals surface area contributed by atoms with Crippen LogP contribution in [0.5, 0.6) is 0 Å². The number of anilines is 1. The van der Waals surface area contributed by atoms with Gasteiger partial charge >= 0.3 is 6.03 Å². The lowest BCUT2D eigenvalue weighted by atomic mass is 9.82. The van der Waals surface area contributed by atoms with E-state index in [2.05, 4.69) is 24.1 Å². The second-order valence-electron chi connectivity index (χ2n) is 6.13. The van der Waals surface area contributed by atoms with Crippen LogP contribution >= 0.6 is 0 Å². The zero-order valence-electron chi connectivity index (χ0n) is 11.8. The highest BCUT2D eigenvalue weighted by Gasteiger charge is 2.24. The van der Waals surface area contributed by atoms with Crippen LogP contribution in [0.3, 0.4) is 0 Å². The summed E-state index contributed by atoms with van der Waals surface area (Å²) in [4.78, 5) is 13.2. The number of carbonyl (C=O) groups excluding carboxylic acids is 1. The summed E-state index contributed by atoms with van der Waals surface area (Å²) in [5.41, 5.74) is 7.59.